The number of nitrogens with one attached hydrogen (secondary N) is 1. The number of anilines is 1. The number of benzene rings is 3. The van der Waals surface area contributed by atoms with Crippen molar-refractivity contribution in [2.24, 2.45) is 0 Å². The molecule has 0 saturated carbocycles. The summed E-state index contributed by atoms with van der Waals surface area (Å²) in [5.74, 6) is -0.832. The first-order chi connectivity index (χ1) is 18.4. The fourth-order valence-corrected chi connectivity index (χ4v) is 4.92. The normalized spacial score (nSPS) is 14.4. The second-order valence-corrected chi connectivity index (χ2v) is 9.43. The summed E-state index contributed by atoms with van der Waals surface area (Å²) < 4.78 is 10.8. The van der Waals surface area contributed by atoms with Gasteiger partial charge in [-0.1, -0.05) is 48.5 Å². The van der Waals surface area contributed by atoms with Gasteiger partial charge in [-0.2, -0.15) is 0 Å². The quantitative estimate of drug-likeness (QED) is 0.241. The van der Waals surface area contributed by atoms with Crippen molar-refractivity contribution in [3.63, 3.8) is 0 Å². The third kappa shape index (κ3) is 5.88. The van der Waals surface area contributed by atoms with Gasteiger partial charge in [0, 0.05) is 23.4 Å². The number of fused-ring (bicyclic) bond motifs is 1. The first-order valence-corrected chi connectivity index (χ1v) is 12.9. The molecule has 0 fully saturated rings. The van der Waals surface area contributed by atoms with Crippen LogP contribution in [0.15, 0.2) is 66.7 Å². The zero-order valence-corrected chi connectivity index (χ0v) is 22.2. The minimum Gasteiger partial charge on any atom is -0.496 e. The number of amides is 2. The summed E-state index contributed by atoms with van der Waals surface area (Å²) in [7, 11) is 3.00. The molecule has 2 amide bonds. The van der Waals surface area contributed by atoms with Gasteiger partial charge < -0.3 is 14.8 Å². The molecular weight excluding hydrogens is 480 g/mol. The Morgan fingerprint density at radius 2 is 1.58 bits per heavy atom. The van der Waals surface area contributed by atoms with Crippen LogP contribution in [-0.2, 0) is 22.4 Å². The molecule has 0 aliphatic carbocycles. The van der Waals surface area contributed by atoms with Crippen LogP contribution in [0.5, 0.6) is 11.5 Å². The predicted octanol–water partition coefficient (Wildman–Crippen LogP) is 4.68. The van der Waals surface area contributed by atoms with Crippen LogP contribution in [0.1, 0.15) is 46.3 Å². The number of carbonyl (C=O) groups is 3. The Bertz CT molecular complexity index is 1280. The average Bonchev–Trinajstić information content (AvgIpc) is 2.96. The van der Waals surface area contributed by atoms with E-state index < -0.39 is 17.7 Å². The topological polar surface area (TPSA) is 84.9 Å². The fraction of sp³-hybridized carbons (Fsp3) is 0.323. The van der Waals surface area contributed by atoms with Crippen molar-refractivity contribution in [3.8, 4) is 11.5 Å². The Kier molecular flexibility index (Phi) is 8.79. The number of nitrogens with zero attached hydrogens (tertiary/aromatic N) is 1. The lowest BCUT2D eigenvalue weighted by Crippen LogP contribution is -2.54. The SMILES string of the molecule is COc1cc(C(=O)C(=O)N2c3ccccc3CCC2C(=O)NCCCCc2ccccc2)cc(OC)c1C. The lowest BCUT2D eigenvalue weighted by atomic mass is 9.93. The number of rotatable bonds is 10. The molecule has 1 aliphatic heterocycles. The first-order valence-electron chi connectivity index (χ1n) is 12.9. The second-order valence-electron chi connectivity index (χ2n) is 9.43. The van der Waals surface area contributed by atoms with E-state index in [1.54, 1.807) is 6.07 Å². The fourth-order valence-electron chi connectivity index (χ4n) is 4.92. The summed E-state index contributed by atoms with van der Waals surface area (Å²) in [6.07, 6.45) is 3.78. The van der Waals surface area contributed by atoms with Crippen molar-refractivity contribution < 1.29 is 23.9 Å². The maximum absolute atomic E-state index is 13.7. The molecule has 1 aliphatic rings. The van der Waals surface area contributed by atoms with Crippen LogP contribution >= 0.6 is 0 Å². The highest BCUT2D eigenvalue weighted by atomic mass is 16.5. The number of para-hydroxylation sites is 1. The number of methoxy groups -OCH3 is 2. The Labute approximate surface area is 223 Å². The van der Waals surface area contributed by atoms with Crippen molar-refractivity contribution in [3.05, 3.63) is 89.0 Å². The molecule has 1 N–H and O–H groups in total. The van der Waals surface area contributed by atoms with Gasteiger partial charge in [0.25, 0.3) is 11.7 Å². The molecule has 0 aromatic heterocycles. The molecule has 38 heavy (non-hydrogen) atoms. The molecule has 1 heterocycles. The number of hydrogen-bond acceptors (Lipinski definition) is 5. The van der Waals surface area contributed by atoms with E-state index in [1.165, 1.54) is 36.8 Å². The molecule has 1 atom stereocenters. The van der Waals surface area contributed by atoms with Crippen molar-refractivity contribution in [1.82, 2.24) is 5.32 Å². The third-order valence-electron chi connectivity index (χ3n) is 7.01. The number of unbranched alkanes of at least 4 members (excludes halogenated alkanes) is 1. The highest BCUT2D eigenvalue weighted by Gasteiger charge is 2.38. The van der Waals surface area contributed by atoms with E-state index in [0.717, 1.165) is 30.4 Å². The molecule has 0 saturated heterocycles. The van der Waals surface area contributed by atoms with Crippen molar-refractivity contribution in [2.45, 2.75) is 45.1 Å². The Hall–Kier alpha value is -4.13. The summed E-state index contributed by atoms with van der Waals surface area (Å²) in [6, 6.07) is 20.0. The summed E-state index contributed by atoms with van der Waals surface area (Å²) in [5.41, 5.74) is 3.67. The van der Waals surface area contributed by atoms with E-state index in [0.29, 0.717) is 36.6 Å². The van der Waals surface area contributed by atoms with Gasteiger partial charge in [-0.05, 0) is 68.4 Å². The molecule has 7 heteroatoms. The molecule has 0 spiro atoms. The Morgan fingerprint density at radius 3 is 2.26 bits per heavy atom. The molecule has 198 valence electrons. The molecular formula is C31H34N2O5. The molecule has 3 aromatic carbocycles. The van der Waals surface area contributed by atoms with Gasteiger partial charge in [0.15, 0.2) is 0 Å². The smallest absolute Gasteiger partial charge is 0.300 e. The molecule has 1 unspecified atom stereocenters. The van der Waals surface area contributed by atoms with Crippen molar-refractivity contribution in [1.29, 1.82) is 0 Å². The van der Waals surface area contributed by atoms with Gasteiger partial charge in [-0.15, -0.1) is 0 Å². The number of hydrogen-bond donors (Lipinski definition) is 1. The van der Waals surface area contributed by atoms with Crippen molar-refractivity contribution in [2.75, 3.05) is 25.7 Å². The lowest BCUT2D eigenvalue weighted by Gasteiger charge is -2.36. The van der Waals surface area contributed by atoms with E-state index in [2.05, 4.69) is 17.4 Å². The van der Waals surface area contributed by atoms with Crippen LogP contribution in [0.2, 0.25) is 0 Å². The Morgan fingerprint density at radius 1 is 0.921 bits per heavy atom. The molecule has 3 aromatic rings. The lowest BCUT2D eigenvalue weighted by molar-refractivity contribution is -0.125. The highest BCUT2D eigenvalue weighted by molar-refractivity contribution is 6.47. The number of aryl methyl sites for hydroxylation is 2. The van der Waals surface area contributed by atoms with E-state index in [-0.39, 0.29) is 11.5 Å². The maximum atomic E-state index is 13.7. The van der Waals surface area contributed by atoms with Gasteiger partial charge in [0.05, 0.1) is 14.2 Å². The van der Waals surface area contributed by atoms with Gasteiger partial charge in [0.2, 0.25) is 5.91 Å². The van der Waals surface area contributed by atoms with E-state index in [4.69, 9.17) is 9.47 Å². The summed E-state index contributed by atoms with van der Waals surface area (Å²) >= 11 is 0. The second kappa shape index (κ2) is 12.4. The number of ether oxygens (including phenoxy) is 2. The highest BCUT2D eigenvalue weighted by Crippen LogP contribution is 2.33. The van der Waals surface area contributed by atoms with Crippen LogP contribution in [-0.4, -0.2) is 44.4 Å². The van der Waals surface area contributed by atoms with Crippen LogP contribution in [0, 0.1) is 6.92 Å². The number of ketones is 1. The number of Topliss-reactive ketones (excluding diaryl/α,β-unsaturated/α-hetero) is 1. The third-order valence-corrected chi connectivity index (χ3v) is 7.01. The standard InChI is InChI=1S/C31H34N2O5/c1-21-27(37-2)19-24(20-28(21)38-3)29(34)31(36)33-25-15-8-7-14-23(25)16-17-26(33)30(35)32-18-10-9-13-22-11-5-4-6-12-22/h4-8,11-12,14-15,19-20,26H,9-10,13,16-18H2,1-3H3,(H,32,35). The number of carbonyl (C=O) groups excluding carboxylic acids is 3. The van der Waals surface area contributed by atoms with Gasteiger partial charge >= 0.3 is 0 Å². The van der Waals surface area contributed by atoms with Crippen LogP contribution in [0.25, 0.3) is 0 Å². The largest absolute Gasteiger partial charge is 0.496 e. The van der Waals surface area contributed by atoms with E-state index in [9.17, 15) is 14.4 Å². The van der Waals surface area contributed by atoms with E-state index >= 15 is 0 Å². The van der Waals surface area contributed by atoms with Crippen LogP contribution in [0.4, 0.5) is 5.69 Å². The van der Waals surface area contributed by atoms with Crippen molar-refractivity contribution >= 4 is 23.3 Å². The summed E-state index contributed by atoms with van der Waals surface area (Å²) in [6.45, 7) is 2.32. The minimum atomic E-state index is -0.773. The van der Waals surface area contributed by atoms with Gasteiger partial charge in [0.1, 0.15) is 17.5 Å². The van der Waals surface area contributed by atoms with Crippen LogP contribution < -0.4 is 19.7 Å². The molecule has 0 radical (unpaired) electrons. The molecule has 0 bridgehead atoms. The van der Waals surface area contributed by atoms with E-state index in [1.807, 2.05) is 43.3 Å². The summed E-state index contributed by atoms with van der Waals surface area (Å²) in [5, 5.41) is 2.99. The molecule has 7 nitrogen and oxygen atoms in total. The average molecular weight is 515 g/mol. The maximum Gasteiger partial charge on any atom is 0.300 e. The predicted molar refractivity (Wildman–Crippen MR) is 147 cm³/mol. The zero-order valence-electron chi connectivity index (χ0n) is 22.2. The summed E-state index contributed by atoms with van der Waals surface area (Å²) in [4.78, 5) is 41.8. The Balaban J connectivity index is 1.51. The van der Waals surface area contributed by atoms with Gasteiger partial charge in [-0.25, -0.2) is 0 Å². The minimum absolute atomic E-state index is 0.150. The molecule has 4 rings (SSSR count). The zero-order chi connectivity index (χ0) is 27.1. The van der Waals surface area contributed by atoms with Gasteiger partial charge in [-0.3, -0.25) is 19.3 Å². The van der Waals surface area contributed by atoms with Crippen LogP contribution in [0.3, 0.4) is 0 Å². The first kappa shape index (κ1) is 26.9. The monoisotopic (exact) mass is 514 g/mol.